The SMILES string of the molecule is CC(C)CN(CCc1cncn1Cc1ccc(C#N)cc1)C(=S)Nc1cccc(Cl)c1. The molecule has 0 aliphatic rings. The molecule has 0 spiro atoms. The third kappa shape index (κ3) is 6.81. The van der Waals surface area contributed by atoms with E-state index < -0.39 is 0 Å². The highest BCUT2D eigenvalue weighted by atomic mass is 35.5. The van der Waals surface area contributed by atoms with Crippen LogP contribution in [0.1, 0.15) is 30.7 Å². The summed E-state index contributed by atoms with van der Waals surface area (Å²) < 4.78 is 2.14. The summed E-state index contributed by atoms with van der Waals surface area (Å²) >= 11 is 11.8. The minimum absolute atomic E-state index is 0.475. The van der Waals surface area contributed by atoms with Crippen molar-refractivity contribution in [1.29, 1.82) is 5.26 Å². The zero-order valence-electron chi connectivity index (χ0n) is 17.8. The van der Waals surface area contributed by atoms with Crippen LogP contribution in [0, 0.1) is 17.2 Å². The number of anilines is 1. The number of benzene rings is 2. The van der Waals surface area contributed by atoms with Crippen LogP contribution in [0.25, 0.3) is 0 Å². The van der Waals surface area contributed by atoms with Gasteiger partial charge in [0.25, 0.3) is 0 Å². The Kier molecular flexibility index (Phi) is 8.05. The van der Waals surface area contributed by atoms with E-state index in [9.17, 15) is 0 Å². The van der Waals surface area contributed by atoms with Gasteiger partial charge in [-0.3, -0.25) is 0 Å². The summed E-state index contributed by atoms with van der Waals surface area (Å²) in [6.45, 7) is 6.73. The van der Waals surface area contributed by atoms with Crippen molar-refractivity contribution in [2.45, 2.75) is 26.8 Å². The van der Waals surface area contributed by atoms with Gasteiger partial charge in [0.1, 0.15) is 0 Å². The number of nitrogens with one attached hydrogen (secondary N) is 1. The lowest BCUT2D eigenvalue weighted by molar-refractivity contribution is 0.370. The molecule has 0 fully saturated rings. The zero-order valence-corrected chi connectivity index (χ0v) is 19.3. The predicted molar refractivity (Wildman–Crippen MR) is 130 cm³/mol. The molecule has 1 heterocycles. The Bertz CT molecular complexity index is 1050. The number of halogens is 1. The van der Waals surface area contributed by atoms with E-state index in [1.54, 1.807) is 0 Å². The van der Waals surface area contributed by atoms with E-state index in [1.165, 1.54) is 0 Å². The molecule has 0 saturated carbocycles. The van der Waals surface area contributed by atoms with Gasteiger partial charge in [-0.2, -0.15) is 5.26 Å². The lowest BCUT2D eigenvalue weighted by Gasteiger charge is -2.28. The first-order chi connectivity index (χ1) is 14.9. The molecule has 1 N–H and O–H groups in total. The summed E-state index contributed by atoms with van der Waals surface area (Å²) in [6, 6.07) is 17.4. The Morgan fingerprint density at radius 2 is 2.03 bits per heavy atom. The molecule has 3 rings (SSSR count). The molecular weight excluding hydrogens is 426 g/mol. The predicted octanol–water partition coefficient (Wildman–Crippen LogP) is 5.35. The van der Waals surface area contributed by atoms with E-state index in [0.29, 0.717) is 21.6 Å². The van der Waals surface area contributed by atoms with E-state index in [2.05, 4.69) is 39.7 Å². The van der Waals surface area contributed by atoms with Crippen molar-refractivity contribution in [2.24, 2.45) is 5.92 Å². The van der Waals surface area contributed by atoms with Gasteiger partial charge in [0, 0.05) is 48.7 Å². The fourth-order valence-corrected chi connectivity index (χ4v) is 3.79. The van der Waals surface area contributed by atoms with Crippen LogP contribution in [0.4, 0.5) is 5.69 Å². The van der Waals surface area contributed by atoms with Crippen molar-refractivity contribution in [1.82, 2.24) is 14.5 Å². The standard InChI is InChI=1S/C24H26ClN5S/c1-18(2)15-29(24(31)28-22-5-3-4-21(25)12-22)11-10-23-14-27-17-30(23)16-20-8-6-19(13-26)7-9-20/h3-9,12,14,17-18H,10-11,15-16H2,1-2H3,(H,28,31). The number of imidazole rings is 1. The molecule has 0 radical (unpaired) electrons. The second kappa shape index (κ2) is 10.9. The van der Waals surface area contributed by atoms with Gasteiger partial charge >= 0.3 is 0 Å². The number of thiocarbonyl (C=S) groups is 1. The number of aromatic nitrogens is 2. The maximum absolute atomic E-state index is 8.97. The van der Waals surface area contributed by atoms with Crippen LogP contribution in [0.5, 0.6) is 0 Å². The van der Waals surface area contributed by atoms with Gasteiger partial charge < -0.3 is 14.8 Å². The molecule has 2 aromatic carbocycles. The lowest BCUT2D eigenvalue weighted by atomic mass is 10.1. The minimum Gasteiger partial charge on any atom is -0.348 e. The summed E-state index contributed by atoms with van der Waals surface area (Å²) in [5.41, 5.74) is 3.83. The molecule has 160 valence electrons. The first-order valence-electron chi connectivity index (χ1n) is 10.2. The van der Waals surface area contributed by atoms with Crippen molar-refractivity contribution in [2.75, 3.05) is 18.4 Å². The number of hydrogen-bond donors (Lipinski definition) is 1. The number of nitriles is 1. The molecular formula is C24H26ClN5S. The molecule has 3 aromatic rings. The Morgan fingerprint density at radius 1 is 1.26 bits per heavy atom. The van der Waals surface area contributed by atoms with Crippen molar-refractivity contribution in [3.8, 4) is 6.07 Å². The van der Waals surface area contributed by atoms with Gasteiger partial charge in [-0.25, -0.2) is 4.98 Å². The molecule has 5 nitrogen and oxygen atoms in total. The molecule has 31 heavy (non-hydrogen) atoms. The van der Waals surface area contributed by atoms with Crippen LogP contribution in [0.3, 0.4) is 0 Å². The topological polar surface area (TPSA) is 56.9 Å². The Hall–Kier alpha value is -2.88. The maximum Gasteiger partial charge on any atom is 0.173 e. The molecule has 0 atom stereocenters. The van der Waals surface area contributed by atoms with E-state index >= 15 is 0 Å². The second-order valence-electron chi connectivity index (χ2n) is 7.85. The Balaban J connectivity index is 1.65. The Labute approximate surface area is 194 Å². The average molecular weight is 452 g/mol. The quantitative estimate of drug-likeness (QED) is 0.467. The van der Waals surface area contributed by atoms with Crippen LogP contribution >= 0.6 is 23.8 Å². The third-order valence-electron chi connectivity index (χ3n) is 4.82. The molecule has 1 aromatic heterocycles. The van der Waals surface area contributed by atoms with E-state index in [0.717, 1.165) is 43.0 Å². The first kappa shape index (κ1) is 22.8. The van der Waals surface area contributed by atoms with Gasteiger partial charge in [0.15, 0.2) is 5.11 Å². The Morgan fingerprint density at radius 3 is 2.71 bits per heavy atom. The molecule has 0 unspecified atom stereocenters. The summed E-state index contributed by atoms with van der Waals surface area (Å²) in [5.74, 6) is 0.475. The van der Waals surface area contributed by atoms with Crippen molar-refractivity contribution in [3.63, 3.8) is 0 Å². The average Bonchev–Trinajstić information content (AvgIpc) is 3.18. The maximum atomic E-state index is 8.97. The largest absolute Gasteiger partial charge is 0.348 e. The van der Waals surface area contributed by atoms with Crippen LogP contribution < -0.4 is 5.32 Å². The smallest absolute Gasteiger partial charge is 0.173 e. The number of rotatable bonds is 8. The molecule has 0 amide bonds. The fourth-order valence-electron chi connectivity index (χ4n) is 3.31. The molecule has 0 bridgehead atoms. The van der Waals surface area contributed by atoms with Crippen LogP contribution in [-0.2, 0) is 13.0 Å². The van der Waals surface area contributed by atoms with Gasteiger partial charge in [-0.15, -0.1) is 0 Å². The molecule has 0 aliphatic carbocycles. The summed E-state index contributed by atoms with van der Waals surface area (Å²) in [4.78, 5) is 6.54. The highest BCUT2D eigenvalue weighted by molar-refractivity contribution is 7.80. The van der Waals surface area contributed by atoms with E-state index in [1.807, 2.05) is 61.1 Å². The van der Waals surface area contributed by atoms with Gasteiger partial charge in [-0.05, 0) is 54.0 Å². The second-order valence-corrected chi connectivity index (χ2v) is 8.68. The summed E-state index contributed by atoms with van der Waals surface area (Å²) in [7, 11) is 0. The van der Waals surface area contributed by atoms with Gasteiger partial charge in [0.05, 0.1) is 18.0 Å². The third-order valence-corrected chi connectivity index (χ3v) is 5.42. The minimum atomic E-state index is 0.475. The molecule has 0 saturated heterocycles. The normalized spacial score (nSPS) is 10.7. The summed E-state index contributed by atoms with van der Waals surface area (Å²) in [6.07, 6.45) is 4.58. The van der Waals surface area contributed by atoms with Crippen LogP contribution in [0.2, 0.25) is 5.02 Å². The van der Waals surface area contributed by atoms with Gasteiger partial charge in [-0.1, -0.05) is 43.6 Å². The van der Waals surface area contributed by atoms with E-state index in [-0.39, 0.29) is 0 Å². The molecule has 0 aliphatic heterocycles. The van der Waals surface area contributed by atoms with Crippen LogP contribution in [-0.4, -0.2) is 32.7 Å². The lowest BCUT2D eigenvalue weighted by Crippen LogP contribution is -2.39. The highest BCUT2D eigenvalue weighted by Gasteiger charge is 2.14. The van der Waals surface area contributed by atoms with Gasteiger partial charge in [0.2, 0.25) is 0 Å². The molecule has 7 heteroatoms. The van der Waals surface area contributed by atoms with Crippen molar-refractivity contribution in [3.05, 3.63) is 82.9 Å². The van der Waals surface area contributed by atoms with Crippen molar-refractivity contribution < 1.29 is 0 Å². The fraction of sp³-hybridized carbons (Fsp3) is 0.292. The zero-order chi connectivity index (χ0) is 22.2. The van der Waals surface area contributed by atoms with Crippen molar-refractivity contribution >= 4 is 34.6 Å². The monoisotopic (exact) mass is 451 g/mol. The number of hydrogen-bond acceptors (Lipinski definition) is 3. The summed E-state index contributed by atoms with van der Waals surface area (Å²) in [5, 5.41) is 13.6. The highest BCUT2D eigenvalue weighted by Crippen LogP contribution is 2.16. The van der Waals surface area contributed by atoms with E-state index in [4.69, 9.17) is 29.1 Å². The number of nitrogens with zero attached hydrogens (tertiary/aromatic N) is 4. The van der Waals surface area contributed by atoms with Crippen LogP contribution in [0.15, 0.2) is 61.1 Å². The first-order valence-corrected chi connectivity index (χ1v) is 11.0.